The fourth-order valence-corrected chi connectivity index (χ4v) is 3.19. The van der Waals surface area contributed by atoms with Crippen LogP contribution in [0.25, 0.3) is 0 Å². The number of hydrogen-bond acceptors (Lipinski definition) is 2. The summed E-state index contributed by atoms with van der Waals surface area (Å²) in [6.45, 7) is 5.17. The third kappa shape index (κ3) is 2.47. The van der Waals surface area contributed by atoms with E-state index >= 15 is 0 Å². The van der Waals surface area contributed by atoms with Crippen LogP contribution >= 0.6 is 15.9 Å². The maximum absolute atomic E-state index is 5.93. The minimum Gasteiger partial charge on any atom is -0.329 e. The maximum Gasteiger partial charge on any atom is 0.0481 e. The van der Waals surface area contributed by atoms with Crippen molar-refractivity contribution < 1.29 is 0 Å². The predicted molar refractivity (Wildman–Crippen MR) is 71.5 cm³/mol. The molecule has 0 aliphatic carbocycles. The first-order valence-electron chi connectivity index (χ1n) is 5.92. The molecule has 0 saturated carbocycles. The zero-order chi connectivity index (χ0) is 11.5. The van der Waals surface area contributed by atoms with Crippen molar-refractivity contribution in [3.8, 4) is 0 Å². The average Bonchev–Trinajstić information content (AvgIpc) is 2.75. The molecule has 1 aliphatic heterocycles. The van der Waals surface area contributed by atoms with Gasteiger partial charge in [-0.15, -0.1) is 0 Å². The summed E-state index contributed by atoms with van der Waals surface area (Å²) in [5, 5.41) is 0. The van der Waals surface area contributed by atoms with E-state index in [2.05, 4.69) is 46.0 Å². The van der Waals surface area contributed by atoms with Crippen molar-refractivity contribution in [2.24, 2.45) is 5.73 Å². The second-order valence-corrected chi connectivity index (χ2v) is 5.37. The van der Waals surface area contributed by atoms with Crippen LogP contribution in [0.15, 0.2) is 22.7 Å². The lowest BCUT2D eigenvalue weighted by molar-refractivity contribution is 0.250. The van der Waals surface area contributed by atoms with Crippen LogP contribution < -0.4 is 5.73 Å². The molecule has 1 aliphatic rings. The van der Waals surface area contributed by atoms with Gasteiger partial charge in [0.05, 0.1) is 0 Å². The highest BCUT2D eigenvalue weighted by molar-refractivity contribution is 9.10. The minimum absolute atomic E-state index is 0.373. The van der Waals surface area contributed by atoms with Crippen LogP contribution in [0.4, 0.5) is 0 Å². The lowest BCUT2D eigenvalue weighted by atomic mass is 10.0. The van der Waals surface area contributed by atoms with E-state index in [0.717, 1.165) is 0 Å². The molecule has 16 heavy (non-hydrogen) atoms. The van der Waals surface area contributed by atoms with Crippen LogP contribution in [-0.4, -0.2) is 24.5 Å². The second kappa shape index (κ2) is 5.30. The largest absolute Gasteiger partial charge is 0.329 e. The third-order valence-corrected chi connectivity index (χ3v) is 4.01. The van der Waals surface area contributed by atoms with Gasteiger partial charge in [0.2, 0.25) is 0 Å². The summed E-state index contributed by atoms with van der Waals surface area (Å²) in [7, 11) is 0. The summed E-state index contributed by atoms with van der Waals surface area (Å²) in [5.74, 6) is 0. The molecule has 1 atom stereocenters. The first-order valence-corrected chi connectivity index (χ1v) is 6.72. The second-order valence-electron chi connectivity index (χ2n) is 4.52. The van der Waals surface area contributed by atoms with E-state index in [1.54, 1.807) is 0 Å². The van der Waals surface area contributed by atoms with E-state index in [1.165, 1.54) is 41.5 Å². The Hall–Kier alpha value is -0.380. The van der Waals surface area contributed by atoms with Crippen molar-refractivity contribution in [3.63, 3.8) is 0 Å². The van der Waals surface area contributed by atoms with Crippen molar-refractivity contribution in [1.82, 2.24) is 4.90 Å². The molecule has 3 heteroatoms. The van der Waals surface area contributed by atoms with Gasteiger partial charge in [-0.1, -0.05) is 28.1 Å². The Kier molecular flexibility index (Phi) is 4.00. The van der Waals surface area contributed by atoms with Crippen LogP contribution in [-0.2, 0) is 0 Å². The minimum atomic E-state index is 0.373. The van der Waals surface area contributed by atoms with Gasteiger partial charge in [0.1, 0.15) is 0 Å². The molecule has 1 unspecified atom stereocenters. The smallest absolute Gasteiger partial charge is 0.0481 e. The van der Waals surface area contributed by atoms with Crippen LogP contribution in [0.3, 0.4) is 0 Å². The van der Waals surface area contributed by atoms with Gasteiger partial charge < -0.3 is 5.73 Å². The predicted octanol–water partition coefficient (Wildman–Crippen LogP) is 2.85. The van der Waals surface area contributed by atoms with Crippen molar-refractivity contribution in [2.45, 2.75) is 25.8 Å². The summed E-state index contributed by atoms with van der Waals surface area (Å²) >= 11 is 3.65. The van der Waals surface area contributed by atoms with Crippen molar-refractivity contribution in [2.75, 3.05) is 19.6 Å². The first-order chi connectivity index (χ1) is 7.72. The fraction of sp³-hybridized carbons (Fsp3) is 0.538. The van der Waals surface area contributed by atoms with Gasteiger partial charge in [0.15, 0.2) is 0 Å². The monoisotopic (exact) mass is 282 g/mol. The van der Waals surface area contributed by atoms with Gasteiger partial charge in [-0.3, -0.25) is 4.90 Å². The SMILES string of the molecule is Cc1ccc(C(CN)N2CCCC2)c(Br)c1. The van der Waals surface area contributed by atoms with Gasteiger partial charge in [-0.05, 0) is 50.0 Å². The molecule has 88 valence electrons. The highest BCUT2D eigenvalue weighted by Gasteiger charge is 2.23. The third-order valence-electron chi connectivity index (χ3n) is 3.32. The standard InChI is InChI=1S/C13H19BrN2/c1-10-4-5-11(12(14)8-10)13(9-15)16-6-2-3-7-16/h4-5,8,13H,2-3,6-7,9,15H2,1H3. The van der Waals surface area contributed by atoms with Gasteiger partial charge in [0, 0.05) is 17.1 Å². The van der Waals surface area contributed by atoms with Gasteiger partial charge in [-0.25, -0.2) is 0 Å². The topological polar surface area (TPSA) is 29.3 Å². The van der Waals surface area contributed by atoms with Gasteiger partial charge >= 0.3 is 0 Å². The summed E-state index contributed by atoms with van der Waals surface area (Å²) in [6, 6.07) is 6.92. The molecule has 1 fully saturated rings. The van der Waals surface area contributed by atoms with Gasteiger partial charge in [0.25, 0.3) is 0 Å². The van der Waals surface area contributed by atoms with Crippen LogP contribution in [0.2, 0.25) is 0 Å². The molecule has 0 amide bonds. The maximum atomic E-state index is 5.93. The fourth-order valence-electron chi connectivity index (χ4n) is 2.43. The molecule has 2 rings (SSSR count). The molecular weight excluding hydrogens is 264 g/mol. The van der Waals surface area contributed by atoms with Crippen molar-refractivity contribution >= 4 is 15.9 Å². The normalized spacial score (nSPS) is 18.9. The molecule has 1 heterocycles. The Labute approximate surface area is 106 Å². The number of nitrogens with zero attached hydrogens (tertiary/aromatic N) is 1. The van der Waals surface area contributed by atoms with Gasteiger partial charge in [-0.2, -0.15) is 0 Å². The van der Waals surface area contributed by atoms with E-state index in [1.807, 2.05) is 0 Å². The molecular formula is C13H19BrN2. The highest BCUT2D eigenvalue weighted by Crippen LogP contribution is 2.30. The van der Waals surface area contributed by atoms with Crippen LogP contribution in [0.5, 0.6) is 0 Å². The van der Waals surface area contributed by atoms with E-state index in [9.17, 15) is 0 Å². The molecule has 2 nitrogen and oxygen atoms in total. The molecule has 1 aromatic carbocycles. The Balaban J connectivity index is 2.25. The quantitative estimate of drug-likeness (QED) is 0.924. The Morgan fingerprint density at radius 3 is 2.62 bits per heavy atom. The molecule has 0 spiro atoms. The average molecular weight is 283 g/mol. The first kappa shape index (κ1) is 12.1. The molecule has 1 saturated heterocycles. The summed E-state index contributed by atoms with van der Waals surface area (Å²) < 4.78 is 1.19. The van der Waals surface area contributed by atoms with E-state index in [4.69, 9.17) is 5.73 Å². The summed E-state index contributed by atoms with van der Waals surface area (Å²) in [5.41, 5.74) is 8.54. The van der Waals surface area contributed by atoms with Crippen molar-refractivity contribution in [3.05, 3.63) is 33.8 Å². The zero-order valence-corrected chi connectivity index (χ0v) is 11.3. The zero-order valence-electron chi connectivity index (χ0n) is 9.75. The van der Waals surface area contributed by atoms with Crippen LogP contribution in [0.1, 0.15) is 30.0 Å². The molecule has 1 aromatic rings. The number of likely N-dealkylation sites (tertiary alicyclic amines) is 1. The summed E-state index contributed by atoms with van der Waals surface area (Å²) in [6.07, 6.45) is 2.61. The lowest BCUT2D eigenvalue weighted by Gasteiger charge is -2.27. The Morgan fingerprint density at radius 1 is 1.38 bits per heavy atom. The lowest BCUT2D eigenvalue weighted by Crippen LogP contribution is -2.31. The number of aryl methyl sites for hydroxylation is 1. The molecule has 0 radical (unpaired) electrons. The van der Waals surface area contributed by atoms with Crippen LogP contribution in [0, 0.1) is 6.92 Å². The summed E-state index contributed by atoms with van der Waals surface area (Å²) in [4.78, 5) is 2.50. The van der Waals surface area contributed by atoms with E-state index in [0.29, 0.717) is 12.6 Å². The Bertz CT molecular complexity index is 359. The van der Waals surface area contributed by atoms with E-state index < -0.39 is 0 Å². The number of benzene rings is 1. The number of rotatable bonds is 3. The number of hydrogen-bond donors (Lipinski definition) is 1. The molecule has 0 aromatic heterocycles. The molecule has 2 N–H and O–H groups in total. The number of halogens is 1. The number of nitrogens with two attached hydrogens (primary N) is 1. The Morgan fingerprint density at radius 2 is 2.06 bits per heavy atom. The molecule has 0 bridgehead atoms. The van der Waals surface area contributed by atoms with Crippen molar-refractivity contribution in [1.29, 1.82) is 0 Å². The highest BCUT2D eigenvalue weighted by atomic mass is 79.9. The van der Waals surface area contributed by atoms with E-state index in [-0.39, 0.29) is 0 Å².